The lowest BCUT2D eigenvalue weighted by Crippen LogP contribution is -2.34. The molecule has 20 heavy (non-hydrogen) atoms. The Morgan fingerprint density at radius 2 is 1.70 bits per heavy atom. The molecule has 4 heteroatoms. The molecule has 1 nitrogen and oxygen atoms in total. The third kappa shape index (κ3) is 3.08. The molecular weight excluding hydrogens is 296 g/mol. The van der Waals surface area contributed by atoms with Gasteiger partial charge in [-0.3, -0.25) is 0 Å². The third-order valence-electron chi connectivity index (χ3n) is 3.69. The summed E-state index contributed by atoms with van der Waals surface area (Å²) in [6.07, 6.45) is 1.99. The number of anilines is 1. The molecule has 2 aromatic rings. The lowest BCUT2D eigenvalue weighted by atomic mass is 9.76. The second-order valence-corrected chi connectivity index (χ2v) is 6.10. The predicted octanol–water partition coefficient (Wildman–Crippen LogP) is 5.49. The quantitative estimate of drug-likeness (QED) is 0.790. The summed E-state index contributed by atoms with van der Waals surface area (Å²) in [5.41, 5.74) is 2.01. The smallest absolute Gasteiger partial charge is 0.123 e. The monoisotopic (exact) mass is 309 g/mol. The first-order valence-electron chi connectivity index (χ1n) is 6.58. The van der Waals surface area contributed by atoms with Gasteiger partial charge in [-0.2, -0.15) is 0 Å². The summed E-state index contributed by atoms with van der Waals surface area (Å²) in [5.74, 6) is 0.262. The van der Waals surface area contributed by atoms with Crippen LogP contribution >= 0.6 is 23.2 Å². The lowest BCUT2D eigenvalue weighted by Gasteiger charge is -2.37. The number of nitrogens with one attached hydrogen (secondary N) is 1. The number of benzene rings is 2. The van der Waals surface area contributed by atoms with Crippen molar-refractivity contribution in [1.82, 2.24) is 0 Å². The Bertz CT molecular complexity index is 603. The van der Waals surface area contributed by atoms with E-state index in [1.54, 1.807) is 18.2 Å². The molecule has 3 rings (SSSR count). The van der Waals surface area contributed by atoms with E-state index in [0.717, 1.165) is 24.1 Å². The number of hydrogen-bond donors (Lipinski definition) is 1. The SMILES string of the molecule is Fc1cccc(C2CC(Nc3cc(Cl)cc(Cl)c3)C2)c1. The van der Waals surface area contributed by atoms with Gasteiger partial charge in [0, 0.05) is 21.8 Å². The van der Waals surface area contributed by atoms with Gasteiger partial charge in [-0.15, -0.1) is 0 Å². The maximum atomic E-state index is 13.2. The lowest BCUT2D eigenvalue weighted by molar-refractivity contribution is 0.373. The molecule has 104 valence electrons. The minimum atomic E-state index is -0.166. The van der Waals surface area contributed by atoms with Crippen molar-refractivity contribution in [3.63, 3.8) is 0 Å². The van der Waals surface area contributed by atoms with Crippen LogP contribution in [0.2, 0.25) is 10.0 Å². The normalized spacial score (nSPS) is 21.4. The minimum Gasteiger partial charge on any atom is -0.382 e. The first-order valence-corrected chi connectivity index (χ1v) is 7.34. The molecule has 0 spiro atoms. The molecule has 0 amide bonds. The van der Waals surface area contributed by atoms with Gasteiger partial charge in [0.05, 0.1) is 0 Å². The van der Waals surface area contributed by atoms with Gasteiger partial charge in [0.25, 0.3) is 0 Å². The first-order chi connectivity index (χ1) is 9.60. The standard InChI is InChI=1S/C16H14Cl2FN/c17-12-7-13(18)9-16(8-12)20-15-5-11(6-15)10-2-1-3-14(19)4-10/h1-4,7-9,11,15,20H,5-6H2. The van der Waals surface area contributed by atoms with E-state index in [2.05, 4.69) is 5.32 Å². The molecule has 1 aliphatic rings. The molecule has 0 atom stereocenters. The summed E-state index contributed by atoms with van der Waals surface area (Å²) in [6.45, 7) is 0. The molecule has 0 bridgehead atoms. The zero-order chi connectivity index (χ0) is 14.1. The van der Waals surface area contributed by atoms with Gasteiger partial charge in [0.2, 0.25) is 0 Å². The van der Waals surface area contributed by atoms with E-state index in [4.69, 9.17) is 23.2 Å². The second kappa shape index (κ2) is 5.63. The first kappa shape index (κ1) is 13.7. The zero-order valence-electron chi connectivity index (χ0n) is 10.7. The number of halogens is 3. The van der Waals surface area contributed by atoms with E-state index in [-0.39, 0.29) is 5.82 Å². The van der Waals surface area contributed by atoms with Crippen LogP contribution < -0.4 is 5.32 Å². The highest BCUT2D eigenvalue weighted by Gasteiger charge is 2.30. The van der Waals surface area contributed by atoms with Gasteiger partial charge >= 0.3 is 0 Å². The highest BCUT2D eigenvalue weighted by molar-refractivity contribution is 6.35. The van der Waals surface area contributed by atoms with Crippen molar-refractivity contribution in [2.45, 2.75) is 24.8 Å². The molecule has 2 aromatic carbocycles. The van der Waals surface area contributed by atoms with E-state index in [9.17, 15) is 4.39 Å². The molecular formula is C16H14Cl2FN. The van der Waals surface area contributed by atoms with Gasteiger partial charge in [-0.25, -0.2) is 4.39 Å². The molecule has 0 unspecified atom stereocenters. The van der Waals surface area contributed by atoms with Gasteiger partial charge in [0.1, 0.15) is 5.82 Å². The average Bonchev–Trinajstić information content (AvgIpc) is 2.32. The van der Waals surface area contributed by atoms with Crippen LogP contribution in [0.4, 0.5) is 10.1 Å². The molecule has 1 fully saturated rings. The average molecular weight is 310 g/mol. The molecule has 0 aromatic heterocycles. The Hall–Kier alpha value is -1.25. The molecule has 1 aliphatic carbocycles. The Morgan fingerprint density at radius 3 is 2.35 bits per heavy atom. The van der Waals surface area contributed by atoms with E-state index in [1.165, 1.54) is 6.07 Å². The Kier molecular flexibility index (Phi) is 3.86. The number of rotatable bonds is 3. The Labute approximate surface area is 127 Å². The largest absolute Gasteiger partial charge is 0.382 e. The molecule has 1 N–H and O–H groups in total. The van der Waals surface area contributed by atoms with Crippen LogP contribution in [0.15, 0.2) is 42.5 Å². The van der Waals surface area contributed by atoms with Gasteiger partial charge in [-0.1, -0.05) is 35.3 Å². The highest BCUT2D eigenvalue weighted by Crippen LogP contribution is 2.39. The van der Waals surface area contributed by atoms with E-state index in [0.29, 0.717) is 22.0 Å². The van der Waals surface area contributed by atoms with Crippen molar-refractivity contribution in [1.29, 1.82) is 0 Å². The summed E-state index contributed by atoms with van der Waals surface area (Å²) in [4.78, 5) is 0. The fourth-order valence-corrected chi connectivity index (χ4v) is 3.17. The molecule has 0 radical (unpaired) electrons. The van der Waals surface area contributed by atoms with Crippen LogP contribution in [0.1, 0.15) is 24.3 Å². The van der Waals surface area contributed by atoms with Crippen LogP contribution in [0, 0.1) is 5.82 Å². The van der Waals surface area contributed by atoms with Crippen molar-refractivity contribution in [2.75, 3.05) is 5.32 Å². The fraction of sp³-hybridized carbons (Fsp3) is 0.250. The van der Waals surface area contributed by atoms with Crippen molar-refractivity contribution in [3.05, 3.63) is 63.9 Å². The fourth-order valence-electron chi connectivity index (χ4n) is 2.64. The molecule has 0 heterocycles. The molecule has 0 saturated heterocycles. The van der Waals surface area contributed by atoms with Gasteiger partial charge in [-0.05, 0) is 54.7 Å². The maximum Gasteiger partial charge on any atom is 0.123 e. The maximum absolute atomic E-state index is 13.2. The van der Waals surface area contributed by atoms with E-state index >= 15 is 0 Å². The Balaban J connectivity index is 1.61. The van der Waals surface area contributed by atoms with Crippen molar-refractivity contribution >= 4 is 28.9 Å². The topological polar surface area (TPSA) is 12.0 Å². The molecule has 0 aliphatic heterocycles. The second-order valence-electron chi connectivity index (χ2n) is 5.22. The molecule has 1 saturated carbocycles. The van der Waals surface area contributed by atoms with Crippen LogP contribution in [-0.2, 0) is 0 Å². The zero-order valence-corrected chi connectivity index (χ0v) is 12.3. The van der Waals surface area contributed by atoms with Crippen LogP contribution in [-0.4, -0.2) is 6.04 Å². The van der Waals surface area contributed by atoms with E-state index in [1.807, 2.05) is 18.2 Å². The summed E-state index contributed by atoms with van der Waals surface area (Å²) < 4.78 is 13.2. The minimum absolute atomic E-state index is 0.166. The van der Waals surface area contributed by atoms with E-state index < -0.39 is 0 Å². The van der Waals surface area contributed by atoms with Crippen molar-refractivity contribution in [3.8, 4) is 0 Å². The van der Waals surface area contributed by atoms with Gasteiger partial charge < -0.3 is 5.32 Å². The van der Waals surface area contributed by atoms with Crippen LogP contribution in [0.5, 0.6) is 0 Å². The van der Waals surface area contributed by atoms with Crippen LogP contribution in [0.3, 0.4) is 0 Å². The van der Waals surface area contributed by atoms with Gasteiger partial charge in [0.15, 0.2) is 0 Å². The van der Waals surface area contributed by atoms with Crippen molar-refractivity contribution in [2.24, 2.45) is 0 Å². The summed E-state index contributed by atoms with van der Waals surface area (Å²) in [7, 11) is 0. The van der Waals surface area contributed by atoms with Crippen LogP contribution in [0.25, 0.3) is 0 Å². The highest BCUT2D eigenvalue weighted by atomic mass is 35.5. The third-order valence-corrected chi connectivity index (χ3v) is 4.13. The predicted molar refractivity (Wildman–Crippen MR) is 82.2 cm³/mol. The number of hydrogen-bond acceptors (Lipinski definition) is 1. The Morgan fingerprint density at radius 1 is 1.00 bits per heavy atom. The summed E-state index contributed by atoms with van der Waals surface area (Å²) in [6, 6.07) is 12.7. The summed E-state index contributed by atoms with van der Waals surface area (Å²) >= 11 is 11.9. The van der Waals surface area contributed by atoms with Crippen molar-refractivity contribution < 1.29 is 4.39 Å². The summed E-state index contributed by atoms with van der Waals surface area (Å²) in [5, 5.41) is 4.66.